The van der Waals surface area contributed by atoms with Gasteiger partial charge < -0.3 is 15.2 Å². The molecule has 2 aliphatic rings. The Labute approximate surface area is 127 Å². The Kier molecular flexibility index (Phi) is 4.36. The van der Waals surface area contributed by atoms with Crippen LogP contribution in [-0.2, 0) is 0 Å². The van der Waals surface area contributed by atoms with E-state index in [2.05, 4.69) is 17.0 Å². The molecular formula is C17H26N2O2. The molecule has 0 radical (unpaired) electrons. The van der Waals surface area contributed by atoms with Gasteiger partial charge in [0.15, 0.2) is 11.5 Å². The van der Waals surface area contributed by atoms with Crippen LogP contribution >= 0.6 is 0 Å². The zero-order chi connectivity index (χ0) is 14.8. The average molecular weight is 290 g/mol. The number of nitrogens with two attached hydrogens (primary N) is 1. The lowest BCUT2D eigenvalue weighted by Gasteiger charge is -2.32. The van der Waals surface area contributed by atoms with E-state index in [0.29, 0.717) is 6.54 Å². The monoisotopic (exact) mass is 290 g/mol. The number of hydrogen-bond donors (Lipinski definition) is 1. The van der Waals surface area contributed by atoms with Crippen molar-refractivity contribution >= 4 is 0 Å². The third-order valence-corrected chi connectivity index (χ3v) is 4.60. The van der Waals surface area contributed by atoms with Crippen molar-refractivity contribution < 1.29 is 9.47 Å². The highest BCUT2D eigenvalue weighted by molar-refractivity contribution is 5.44. The molecule has 0 heterocycles. The molecule has 0 spiro atoms. The van der Waals surface area contributed by atoms with E-state index >= 15 is 0 Å². The lowest BCUT2D eigenvalue weighted by molar-refractivity contribution is 0.182. The van der Waals surface area contributed by atoms with E-state index in [0.717, 1.165) is 23.5 Å². The highest BCUT2D eigenvalue weighted by atomic mass is 16.5. The average Bonchev–Trinajstić information content (AvgIpc) is 3.39. The summed E-state index contributed by atoms with van der Waals surface area (Å²) in [7, 11) is 3.35. The molecule has 2 saturated carbocycles. The maximum absolute atomic E-state index is 6.12. The quantitative estimate of drug-likeness (QED) is 0.799. The number of rotatable bonds is 8. The lowest BCUT2D eigenvalue weighted by atomic mass is 10.0. The molecule has 0 amide bonds. The molecule has 0 saturated heterocycles. The van der Waals surface area contributed by atoms with Crippen LogP contribution in [0.3, 0.4) is 0 Å². The van der Waals surface area contributed by atoms with Crippen molar-refractivity contribution in [2.75, 3.05) is 27.3 Å². The molecule has 0 bridgehead atoms. The molecule has 3 rings (SSSR count). The van der Waals surface area contributed by atoms with Crippen LogP contribution in [0.25, 0.3) is 0 Å². The minimum atomic E-state index is 0.290. The summed E-state index contributed by atoms with van der Waals surface area (Å²) in [6.07, 6.45) is 5.39. The molecule has 4 heteroatoms. The van der Waals surface area contributed by atoms with Crippen molar-refractivity contribution in [2.45, 2.75) is 37.8 Å². The summed E-state index contributed by atoms with van der Waals surface area (Å²) in [5.74, 6) is 2.45. The predicted octanol–water partition coefficient (Wildman–Crippen LogP) is 2.58. The fourth-order valence-corrected chi connectivity index (χ4v) is 3.06. The highest BCUT2D eigenvalue weighted by Crippen LogP contribution is 2.40. The Morgan fingerprint density at radius 3 is 2.38 bits per heavy atom. The second-order valence-electron chi connectivity index (χ2n) is 6.24. The molecule has 2 N–H and O–H groups in total. The molecule has 1 atom stereocenters. The van der Waals surface area contributed by atoms with Crippen LogP contribution in [0.2, 0.25) is 0 Å². The van der Waals surface area contributed by atoms with E-state index in [9.17, 15) is 0 Å². The van der Waals surface area contributed by atoms with Gasteiger partial charge in [-0.3, -0.25) is 4.90 Å². The van der Waals surface area contributed by atoms with E-state index < -0.39 is 0 Å². The van der Waals surface area contributed by atoms with Crippen LogP contribution in [-0.4, -0.2) is 38.3 Å². The molecular weight excluding hydrogens is 264 g/mol. The largest absolute Gasteiger partial charge is 0.493 e. The van der Waals surface area contributed by atoms with Gasteiger partial charge in [0.1, 0.15) is 0 Å². The van der Waals surface area contributed by atoms with Gasteiger partial charge in [0.25, 0.3) is 0 Å². The molecule has 21 heavy (non-hydrogen) atoms. The summed E-state index contributed by atoms with van der Waals surface area (Å²) in [5.41, 5.74) is 7.35. The fraction of sp³-hybridized carbons (Fsp3) is 0.647. The van der Waals surface area contributed by atoms with Crippen LogP contribution in [0.1, 0.15) is 37.3 Å². The normalized spacial score (nSPS) is 19.6. The van der Waals surface area contributed by atoms with Gasteiger partial charge in [-0.2, -0.15) is 0 Å². The molecule has 1 aromatic rings. The van der Waals surface area contributed by atoms with E-state index in [1.165, 1.54) is 37.8 Å². The summed E-state index contributed by atoms with van der Waals surface area (Å²) >= 11 is 0. The maximum atomic E-state index is 6.12. The number of hydrogen-bond acceptors (Lipinski definition) is 4. The van der Waals surface area contributed by atoms with Crippen molar-refractivity contribution in [1.29, 1.82) is 0 Å². The number of benzene rings is 1. The standard InChI is InChI=1S/C17H26N2O2/c1-20-16-8-5-13(9-17(16)21-2)15(10-18)19(14-6-7-14)11-12-3-4-12/h5,8-9,12,14-15H,3-4,6-7,10-11,18H2,1-2H3. The Bertz CT molecular complexity index is 484. The summed E-state index contributed by atoms with van der Waals surface area (Å²) in [4.78, 5) is 2.62. The second-order valence-corrected chi connectivity index (χ2v) is 6.24. The Morgan fingerprint density at radius 1 is 1.14 bits per heavy atom. The van der Waals surface area contributed by atoms with E-state index in [4.69, 9.17) is 15.2 Å². The van der Waals surface area contributed by atoms with Gasteiger partial charge in [-0.05, 0) is 49.3 Å². The number of ether oxygens (including phenoxy) is 2. The minimum Gasteiger partial charge on any atom is -0.493 e. The van der Waals surface area contributed by atoms with Crippen molar-refractivity contribution in [3.05, 3.63) is 23.8 Å². The highest BCUT2D eigenvalue weighted by Gasteiger charge is 2.37. The predicted molar refractivity (Wildman–Crippen MR) is 83.8 cm³/mol. The van der Waals surface area contributed by atoms with Gasteiger partial charge in [-0.15, -0.1) is 0 Å². The Balaban J connectivity index is 1.83. The Morgan fingerprint density at radius 2 is 1.86 bits per heavy atom. The first-order chi connectivity index (χ1) is 10.3. The molecule has 0 aromatic heterocycles. The lowest BCUT2D eigenvalue weighted by Crippen LogP contribution is -2.37. The molecule has 1 unspecified atom stereocenters. The summed E-state index contributed by atoms with van der Waals surface area (Å²) in [5, 5.41) is 0. The molecule has 2 fully saturated rings. The van der Waals surface area contributed by atoms with Gasteiger partial charge in [0, 0.05) is 25.2 Å². The molecule has 116 valence electrons. The van der Waals surface area contributed by atoms with Crippen molar-refractivity contribution in [2.24, 2.45) is 11.7 Å². The summed E-state index contributed by atoms with van der Waals surface area (Å²) in [6, 6.07) is 7.21. The molecule has 1 aromatic carbocycles. The van der Waals surface area contributed by atoms with Crippen LogP contribution < -0.4 is 15.2 Å². The van der Waals surface area contributed by atoms with Crippen molar-refractivity contribution in [3.8, 4) is 11.5 Å². The van der Waals surface area contributed by atoms with E-state index in [1.54, 1.807) is 14.2 Å². The van der Waals surface area contributed by atoms with Gasteiger partial charge in [-0.1, -0.05) is 6.07 Å². The zero-order valence-corrected chi connectivity index (χ0v) is 13.0. The first-order valence-corrected chi connectivity index (χ1v) is 7.94. The first-order valence-electron chi connectivity index (χ1n) is 7.94. The summed E-state index contributed by atoms with van der Waals surface area (Å²) < 4.78 is 10.8. The van der Waals surface area contributed by atoms with Crippen LogP contribution in [0.15, 0.2) is 18.2 Å². The Hall–Kier alpha value is -1.26. The third-order valence-electron chi connectivity index (χ3n) is 4.60. The molecule has 2 aliphatic carbocycles. The van der Waals surface area contributed by atoms with Crippen molar-refractivity contribution in [1.82, 2.24) is 4.90 Å². The fourth-order valence-electron chi connectivity index (χ4n) is 3.06. The topological polar surface area (TPSA) is 47.7 Å². The SMILES string of the molecule is COc1ccc(C(CN)N(CC2CC2)C2CC2)cc1OC. The van der Waals surface area contributed by atoms with Crippen LogP contribution in [0, 0.1) is 5.92 Å². The minimum absolute atomic E-state index is 0.290. The molecule has 4 nitrogen and oxygen atoms in total. The summed E-state index contributed by atoms with van der Waals surface area (Å²) in [6.45, 7) is 1.85. The van der Waals surface area contributed by atoms with Gasteiger partial charge >= 0.3 is 0 Å². The van der Waals surface area contributed by atoms with E-state index in [1.807, 2.05) is 6.07 Å². The third kappa shape index (κ3) is 3.33. The van der Waals surface area contributed by atoms with E-state index in [-0.39, 0.29) is 6.04 Å². The number of methoxy groups -OCH3 is 2. The second kappa shape index (κ2) is 6.24. The number of nitrogens with zero attached hydrogens (tertiary/aromatic N) is 1. The van der Waals surface area contributed by atoms with Gasteiger partial charge in [0.2, 0.25) is 0 Å². The zero-order valence-electron chi connectivity index (χ0n) is 13.0. The van der Waals surface area contributed by atoms with Gasteiger partial charge in [0.05, 0.1) is 14.2 Å². The van der Waals surface area contributed by atoms with Crippen LogP contribution in [0.5, 0.6) is 11.5 Å². The van der Waals surface area contributed by atoms with Crippen molar-refractivity contribution in [3.63, 3.8) is 0 Å². The first kappa shape index (κ1) is 14.7. The van der Waals surface area contributed by atoms with Crippen LogP contribution in [0.4, 0.5) is 0 Å². The van der Waals surface area contributed by atoms with Gasteiger partial charge in [-0.25, -0.2) is 0 Å². The maximum Gasteiger partial charge on any atom is 0.161 e. The molecule has 0 aliphatic heterocycles. The smallest absolute Gasteiger partial charge is 0.161 e.